The molecular weight excluding hydrogens is 246 g/mol. The van der Waals surface area contributed by atoms with Gasteiger partial charge in [0.25, 0.3) is 0 Å². The largest absolute Gasteiger partial charge is 0.507 e. The Kier molecular flexibility index (Phi) is 2.99. The van der Waals surface area contributed by atoms with E-state index in [0.29, 0.717) is 11.3 Å². The molecule has 0 bridgehead atoms. The van der Waals surface area contributed by atoms with Crippen LogP contribution in [-0.2, 0) is 0 Å². The van der Waals surface area contributed by atoms with Gasteiger partial charge in [0.2, 0.25) is 0 Å². The highest BCUT2D eigenvalue weighted by atomic mass is 16.3. The smallest absolute Gasteiger partial charge is 0.125 e. The van der Waals surface area contributed by atoms with Gasteiger partial charge in [-0.15, -0.1) is 0 Å². The van der Waals surface area contributed by atoms with Gasteiger partial charge in [0.05, 0.1) is 5.71 Å². The number of nitrogens with one attached hydrogen (secondary N) is 1. The molecule has 0 saturated heterocycles. The summed E-state index contributed by atoms with van der Waals surface area (Å²) < 4.78 is 0. The van der Waals surface area contributed by atoms with Crippen LogP contribution in [0.25, 0.3) is 10.8 Å². The second-order valence-electron chi connectivity index (χ2n) is 4.87. The average Bonchev–Trinajstić information content (AvgIpc) is 2.47. The zero-order valence-corrected chi connectivity index (χ0v) is 11.2. The zero-order chi connectivity index (χ0) is 14.1. The fourth-order valence-electron chi connectivity index (χ4n) is 2.51. The molecule has 0 unspecified atom stereocenters. The van der Waals surface area contributed by atoms with Crippen molar-refractivity contribution in [1.29, 1.82) is 5.41 Å². The van der Waals surface area contributed by atoms with Crippen LogP contribution in [0.1, 0.15) is 16.7 Å². The number of phenols is 1. The van der Waals surface area contributed by atoms with E-state index in [1.54, 1.807) is 6.07 Å². The molecule has 0 saturated carbocycles. The minimum atomic E-state index is 0.150. The molecule has 0 fully saturated rings. The van der Waals surface area contributed by atoms with Crippen molar-refractivity contribution < 1.29 is 5.11 Å². The van der Waals surface area contributed by atoms with E-state index in [1.807, 2.05) is 61.5 Å². The van der Waals surface area contributed by atoms with Crippen molar-refractivity contribution in [3.63, 3.8) is 0 Å². The summed E-state index contributed by atoms with van der Waals surface area (Å²) in [5.74, 6) is 0.150. The summed E-state index contributed by atoms with van der Waals surface area (Å²) in [6.45, 7) is 1.98. The lowest BCUT2D eigenvalue weighted by atomic mass is 9.93. The fourth-order valence-corrected chi connectivity index (χ4v) is 2.51. The Morgan fingerprint density at radius 3 is 2.40 bits per heavy atom. The molecule has 3 rings (SSSR count). The third kappa shape index (κ3) is 1.95. The van der Waals surface area contributed by atoms with Crippen LogP contribution in [0.3, 0.4) is 0 Å². The van der Waals surface area contributed by atoms with Crippen molar-refractivity contribution in [3.05, 3.63) is 77.4 Å². The highest BCUT2D eigenvalue weighted by Gasteiger charge is 2.14. The number of hydrogen-bond acceptors (Lipinski definition) is 2. The highest BCUT2D eigenvalue weighted by Crippen LogP contribution is 2.29. The lowest BCUT2D eigenvalue weighted by molar-refractivity contribution is 0.475. The quantitative estimate of drug-likeness (QED) is 0.665. The summed E-state index contributed by atoms with van der Waals surface area (Å²) >= 11 is 0. The van der Waals surface area contributed by atoms with E-state index in [4.69, 9.17) is 5.41 Å². The van der Waals surface area contributed by atoms with Crippen LogP contribution in [0.5, 0.6) is 5.75 Å². The monoisotopic (exact) mass is 261 g/mol. The maximum Gasteiger partial charge on any atom is 0.125 e. The van der Waals surface area contributed by atoms with Crippen LogP contribution in [0.2, 0.25) is 0 Å². The van der Waals surface area contributed by atoms with Gasteiger partial charge in [0.15, 0.2) is 0 Å². The Bertz CT molecular complexity index is 805. The van der Waals surface area contributed by atoms with Gasteiger partial charge in [-0.05, 0) is 29.3 Å². The summed E-state index contributed by atoms with van der Waals surface area (Å²) in [6.07, 6.45) is 0. The maximum absolute atomic E-state index is 10.2. The number of rotatable bonds is 2. The molecule has 0 spiro atoms. The zero-order valence-electron chi connectivity index (χ0n) is 11.2. The number of fused-ring (bicyclic) bond motifs is 1. The number of benzene rings is 3. The Hall–Kier alpha value is -2.61. The second-order valence-corrected chi connectivity index (χ2v) is 4.87. The topological polar surface area (TPSA) is 44.1 Å². The maximum atomic E-state index is 10.2. The molecule has 98 valence electrons. The molecule has 0 aliphatic rings. The third-order valence-electron chi connectivity index (χ3n) is 3.57. The molecule has 0 radical (unpaired) electrons. The molecule has 0 heterocycles. The first-order chi connectivity index (χ1) is 9.68. The van der Waals surface area contributed by atoms with Gasteiger partial charge < -0.3 is 5.11 Å². The normalized spacial score (nSPS) is 10.7. The van der Waals surface area contributed by atoms with Crippen LogP contribution < -0.4 is 0 Å². The minimum absolute atomic E-state index is 0.150. The second kappa shape index (κ2) is 4.82. The van der Waals surface area contributed by atoms with Crippen LogP contribution in [0.15, 0.2) is 60.7 Å². The third-order valence-corrected chi connectivity index (χ3v) is 3.57. The summed E-state index contributed by atoms with van der Waals surface area (Å²) in [4.78, 5) is 0. The summed E-state index contributed by atoms with van der Waals surface area (Å²) in [5, 5.41) is 20.6. The van der Waals surface area contributed by atoms with E-state index in [-0.39, 0.29) is 5.75 Å². The van der Waals surface area contributed by atoms with Crippen LogP contribution in [0, 0.1) is 12.3 Å². The predicted molar refractivity (Wildman–Crippen MR) is 82.7 cm³/mol. The SMILES string of the molecule is Cc1ccccc1C(=N)c1c(O)ccc2ccccc12. The van der Waals surface area contributed by atoms with Crippen molar-refractivity contribution in [3.8, 4) is 5.75 Å². The molecule has 0 aliphatic heterocycles. The molecule has 2 N–H and O–H groups in total. The molecule has 2 nitrogen and oxygen atoms in total. The first-order valence-corrected chi connectivity index (χ1v) is 6.54. The van der Waals surface area contributed by atoms with E-state index in [0.717, 1.165) is 21.9 Å². The number of aryl methyl sites for hydroxylation is 1. The summed E-state index contributed by atoms with van der Waals surface area (Å²) in [6, 6.07) is 19.1. The number of aromatic hydroxyl groups is 1. The molecule has 3 aromatic carbocycles. The van der Waals surface area contributed by atoms with Crippen molar-refractivity contribution >= 4 is 16.5 Å². The van der Waals surface area contributed by atoms with E-state index in [9.17, 15) is 5.11 Å². The van der Waals surface area contributed by atoms with E-state index >= 15 is 0 Å². The van der Waals surface area contributed by atoms with Gasteiger partial charge in [-0.1, -0.05) is 54.6 Å². The first-order valence-electron chi connectivity index (χ1n) is 6.54. The molecule has 3 aromatic rings. The van der Waals surface area contributed by atoms with Crippen LogP contribution >= 0.6 is 0 Å². The van der Waals surface area contributed by atoms with Gasteiger partial charge in [-0.2, -0.15) is 0 Å². The molecule has 0 aliphatic carbocycles. The fraction of sp³-hybridized carbons (Fsp3) is 0.0556. The Labute approximate surface area is 117 Å². The molecule has 0 aromatic heterocycles. The van der Waals surface area contributed by atoms with Gasteiger partial charge in [0, 0.05) is 11.1 Å². The Balaban J connectivity index is 2.27. The number of hydrogen-bond donors (Lipinski definition) is 2. The van der Waals surface area contributed by atoms with Crippen molar-refractivity contribution in [1.82, 2.24) is 0 Å². The lowest BCUT2D eigenvalue weighted by Crippen LogP contribution is -2.04. The molecule has 20 heavy (non-hydrogen) atoms. The minimum Gasteiger partial charge on any atom is -0.507 e. The van der Waals surface area contributed by atoms with E-state index in [2.05, 4.69) is 0 Å². The van der Waals surface area contributed by atoms with Crippen molar-refractivity contribution in [2.45, 2.75) is 6.92 Å². The molecule has 2 heteroatoms. The standard InChI is InChI=1S/C18H15NO/c1-12-6-2-4-8-14(12)18(19)17-15-9-5-3-7-13(15)10-11-16(17)20/h2-11,19-20H,1H3. The van der Waals surface area contributed by atoms with Crippen molar-refractivity contribution in [2.24, 2.45) is 0 Å². The summed E-state index contributed by atoms with van der Waals surface area (Å²) in [7, 11) is 0. The Morgan fingerprint density at radius 1 is 0.900 bits per heavy atom. The van der Waals surface area contributed by atoms with Gasteiger partial charge in [-0.25, -0.2) is 0 Å². The van der Waals surface area contributed by atoms with E-state index < -0.39 is 0 Å². The van der Waals surface area contributed by atoms with Gasteiger partial charge >= 0.3 is 0 Å². The van der Waals surface area contributed by atoms with E-state index in [1.165, 1.54) is 0 Å². The molecule has 0 atom stereocenters. The van der Waals surface area contributed by atoms with Crippen molar-refractivity contribution in [2.75, 3.05) is 0 Å². The summed E-state index contributed by atoms with van der Waals surface area (Å²) in [5.41, 5.74) is 2.83. The molecule has 0 amide bonds. The van der Waals surface area contributed by atoms with Crippen LogP contribution in [0.4, 0.5) is 0 Å². The van der Waals surface area contributed by atoms with Gasteiger partial charge in [0.1, 0.15) is 5.75 Å². The molecular formula is C18H15NO. The predicted octanol–water partition coefficient (Wildman–Crippen LogP) is 4.27. The van der Waals surface area contributed by atoms with Gasteiger partial charge in [-0.3, -0.25) is 5.41 Å². The van der Waals surface area contributed by atoms with Crippen LogP contribution in [-0.4, -0.2) is 10.8 Å². The average molecular weight is 261 g/mol. The first kappa shape index (κ1) is 12.4. The Morgan fingerprint density at radius 2 is 1.60 bits per heavy atom. The highest BCUT2D eigenvalue weighted by molar-refractivity contribution is 6.20. The number of phenolic OH excluding ortho intramolecular Hbond substituents is 1. The lowest BCUT2D eigenvalue weighted by Gasteiger charge is -2.12.